The Hall–Kier alpha value is -3.42. The maximum absolute atomic E-state index is 12.8. The lowest BCUT2D eigenvalue weighted by molar-refractivity contribution is -0.113. The van der Waals surface area contributed by atoms with Gasteiger partial charge in [0.2, 0.25) is 10.0 Å². The molecule has 31 heavy (non-hydrogen) atoms. The molecular weight excluding hydrogens is 412 g/mol. The van der Waals surface area contributed by atoms with E-state index in [1.54, 1.807) is 25.3 Å². The SMILES string of the molecule is CN(Cc1ccccc1)S(=O)(=O)c1ccc(NC(=O)C2=Cc3ccccc3OC2)cc1. The lowest BCUT2D eigenvalue weighted by Gasteiger charge is -2.18. The first-order chi connectivity index (χ1) is 14.9. The number of anilines is 1. The van der Waals surface area contributed by atoms with Crippen molar-refractivity contribution in [3.63, 3.8) is 0 Å². The molecule has 3 aromatic rings. The van der Waals surface area contributed by atoms with E-state index < -0.39 is 10.0 Å². The monoisotopic (exact) mass is 434 g/mol. The summed E-state index contributed by atoms with van der Waals surface area (Å²) in [6.07, 6.45) is 1.80. The van der Waals surface area contributed by atoms with Gasteiger partial charge in [-0.15, -0.1) is 0 Å². The van der Waals surface area contributed by atoms with Crippen molar-refractivity contribution < 1.29 is 17.9 Å². The Labute approximate surface area is 181 Å². The van der Waals surface area contributed by atoms with Crippen LogP contribution in [0.5, 0.6) is 5.75 Å². The normalized spacial score (nSPS) is 13.2. The summed E-state index contributed by atoms with van der Waals surface area (Å²) in [6, 6.07) is 23.1. The summed E-state index contributed by atoms with van der Waals surface area (Å²) < 4.78 is 32.6. The number of rotatable bonds is 6. The molecule has 0 radical (unpaired) electrons. The minimum atomic E-state index is -3.65. The van der Waals surface area contributed by atoms with Gasteiger partial charge in [0.05, 0.1) is 10.5 Å². The van der Waals surface area contributed by atoms with E-state index in [2.05, 4.69) is 5.32 Å². The zero-order valence-electron chi connectivity index (χ0n) is 17.0. The minimum absolute atomic E-state index is 0.165. The first-order valence-corrected chi connectivity index (χ1v) is 11.2. The quantitative estimate of drug-likeness (QED) is 0.638. The molecule has 0 atom stereocenters. The Bertz CT molecular complexity index is 1220. The average molecular weight is 435 g/mol. The molecule has 0 unspecified atom stereocenters. The Kier molecular flexibility index (Phi) is 5.88. The second-order valence-corrected chi connectivity index (χ2v) is 9.27. The van der Waals surface area contributed by atoms with Crippen LogP contribution >= 0.6 is 0 Å². The number of benzene rings is 3. The fourth-order valence-corrected chi connectivity index (χ4v) is 4.43. The van der Waals surface area contributed by atoms with Crippen LogP contribution in [0.3, 0.4) is 0 Å². The molecule has 0 aliphatic carbocycles. The number of amides is 1. The van der Waals surface area contributed by atoms with Gasteiger partial charge in [0.15, 0.2) is 0 Å². The van der Waals surface area contributed by atoms with Gasteiger partial charge in [-0.25, -0.2) is 8.42 Å². The predicted molar refractivity (Wildman–Crippen MR) is 120 cm³/mol. The lowest BCUT2D eigenvalue weighted by atomic mass is 10.1. The third kappa shape index (κ3) is 4.68. The van der Waals surface area contributed by atoms with Gasteiger partial charge in [0.1, 0.15) is 12.4 Å². The van der Waals surface area contributed by atoms with Crippen LogP contribution in [0.15, 0.2) is 89.3 Å². The Morgan fingerprint density at radius 1 is 0.968 bits per heavy atom. The summed E-state index contributed by atoms with van der Waals surface area (Å²) in [5, 5.41) is 2.79. The fraction of sp³-hybridized carbons (Fsp3) is 0.125. The van der Waals surface area contributed by atoms with Gasteiger partial charge in [-0.05, 0) is 42.0 Å². The summed E-state index contributed by atoms with van der Waals surface area (Å²) >= 11 is 0. The Morgan fingerprint density at radius 2 is 1.65 bits per heavy atom. The minimum Gasteiger partial charge on any atom is -0.488 e. The van der Waals surface area contributed by atoms with Crippen LogP contribution in [0, 0.1) is 0 Å². The average Bonchev–Trinajstić information content (AvgIpc) is 2.79. The van der Waals surface area contributed by atoms with Crippen molar-refractivity contribution in [1.29, 1.82) is 0 Å². The second kappa shape index (κ2) is 8.75. The highest BCUT2D eigenvalue weighted by Gasteiger charge is 2.21. The predicted octanol–water partition coefficient (Wildman–Crippen LogP) is 3.92. The van der Waals surface area contributed by atoms with Gasteiger partial charge in [0, 0.05) is 24.8 Å². The summed E-state index contributed by atoms with van der Waals surface area (Å²) in [5.74, 6) is 0.458. The number of carbonyl (C=O) groups excluding carboxylic acids is 1. The highest BCUT2D eigenvalue weighted by Crippen LogP contribution is 2.26. The van der Waals surface area contributed by atoms with Gasteiger partial charge < -0.3 is 10.1 Å². The summed E-state index contributed by atoms with van der Waals surface area (Å²) in [4.78, 5) is 12.7. The summed E-state index contributed by atoms with van der Waals surface area (Å²) in [7, 11) is -2.10. The molecule has 0 aromatic heterocycles. The summed E-state index contributed by atoms with van der Waals surface area (Å²) in [6.45, 7) is 0.455. The number of ether oxygens (including phenoxy) is 1. The first-order valence-electron chi connectivity index (χ1n) is 9.77. The van der Waals surface area contributed by atoms with Gasteiger partial charge in [-0.2, -0.15) is 4.31 Å². The molecule has 1 aliphatic heterocycles. The van der Waals surface area contributed by atoms with Crippen LogP contribution in [0.25, 0.3) is 6.08 Å². The van der Waals surface area contributed by atoms with E-state index in [0.717, 1.165) is 16.9 Å². The van der Waals surface area contributed by atoms with E-state index in [1.165, 1.54) is 16.4 Å². The van der Waals surface area contributed by atoms with Gasteiger partial charge in [-0.1, -0.05) is 48.5 Å². The smallest absolute Gasteiger partial charge is 0.255 e. The van der Waals surface area contributed by atoms with Crippen molar-refractivity contribution in [1.82, 2.24) is 4.31 Å². The number of fused-ring (bicyclic) bond motifs is 1. The topological polar surface area (TPSA) is 75.7 Å². The number of hydrogen-bond donors (Lipinski definition) is 1. The molecule has 7 heteroatoms. The number of nitrogens with zero attached hydrogens (tertiary/aromatic N) is 1. The third-order valence-electron chi connectivity index (χ3n) is 4.99. The van der Waals surface area contributed by atoms with Crippen LogP contribution in [0.1, 0.15) is 11.1 Å². The lowest BCUT2D eigenvalue weighted by Crippen LogP contribution is -2.26. The van der Waals surface area contributed by atoms with E-state index in [0.29, 0.717) is 11.3 Å². The van der Waals surface area contributed by atoms with E-state index >= 15 is 0 Å². The van der Waals surface area contributed by atoms with Crippen LogP contribution in [0.4, 0.5) is 5.69 Å². The van der Waals surface area contributed by atoms with Crippen LogP contribution < -0.4 is 10.1 Å². The molecule has 6 nitrogen and oxygen atoms in total. The number of para-hydroxylation sites is 1. The van der Waals surface area contributed by atoms with E-state index in [1.807, 2.05) is 54.6 Å². The maximum Gasteiger partial charge on any atom is 0.255 e. The molecule has 0 saturated heterocycles. The Morgan fingerprint density at radius 3 is 2.39 bits per heavy atom. The first kappa shape index (κ1) is 20.8. The molecule has 0 fully saturated rings. The highest BCUT2D eigenvalue weighted by molar-refractivity contribution is 7.89. The molecule has 4 rings (SSSR count). The third-order valence-corrected chi connectivity index (χ3v) is 6.81. The van der Waals surface area contributed by atoms with Crippen molar-refractivity contribution in [2.24, 2.45) is 0 Å². The van der Waals surface area contributed by atoms with Gasteiger partial charge >= 0.3 is 0 Å². The maximum atomic E-state index is 12.8. The van der Waals surface area contributed by atoms with Crippen molar-refractivity contribution in [3.05, 3.63) is 95.6 Å². The van der Waals surface area contributed by atoms with E-state index in [9.17, 15) is 13.2 Å². The van der Waals surface area contributed by atoms with Crippen molar-refractivity contribution in [2.45, 2.75) is 11.4 Å². The van der Waals surface area contributed by atoms with Gasteiger partial charge in [-0.3, -0.25) is 4.79 Å². The zero-order valence-corrected chi connectivity index (χ0v) is 17.8. The molecule has 3 aromatic carbocycles. The molecule has 0 bridgehead atoms. The largest absolute Gasteiger partial charge is 0.488 e. The van der Waals surface area contributed by atoms with E-state index in [4.69, 9.17) is 4.74 Å². The zero-order chi connectivity index (χ0) is 21.8. The molecule has 158 valence electrons. The summed E-state index contributed by atoms with van der Waals surface area (Å²) in [5.41, 5.74) is 2.76. The molecule has 1 heterocycles. The molecule has 1 amide bonds. The van der Waals surface area contributed by atoms with Crippen LogP contribution in [-0.4, -0.2) is 32.3 Å². The Balaban J connectivity index is 1.44. The van der Waals surface area contributed by atoms with Crippen LogP contribution in [0.2, 0.25) is 0 Å². The molecule has 1 aliphatic rings. The molecule has 0 saturated carbocycles. The molecule has 1 N–H and O–H groups in total. The number of nitrogens with one attached hydrogen (secondary N) is 1. The number of sulfonamides is 1. The highest BCUT2D eigenvalue weighted by atomic mass is 32.2. The van der Waals surface area contributed by atoms with Gasteiger partial charge in [0.25, 0.3) is 5.91 Å². The molecular formula is C24H22N2O4S. The second-order valence-electron chi connectivity index (χ2n) is 7.22. The van der Waals surface area contributed by atoms with Crippen LogP contribution in [-0.2, 0) is 21.4 Å². The van der Waals surface area contributed by atoms with Crippen molar-refractivity contribution in [2.75, 3.05) is 19.0 Å². The van der Waals surface area contributed by atoms with Crippen molar-refractivity contribution >= 4 is 27.7 Å². The van der Waals surface area contributed by atoms with Crippen molar-refractivity contribution in [3.8, 4) is 5.75 Å². The standard InChI is InChI=1S/C24H22N2O4S/c1-26(16-18-7-3-2-4-8-18)31(28,29)22-13-11-21(12-14-22)25-24(27)20-15-19-9-5-6-10-23(19)30-17-20/h2-15H,16-17H2,1H3,(H,25,27). The van der Waals surface area contributed by atoms with E-state index in [-0.39, 0.29) is 24.0 Å². The number of carbonyl (C=O) groups is 1. The molecule has 0 spiro atoms. The number of hydrogen-bond acceptors (Lipinski definition) is 4. The fourth-order valence-electron chi connectivity index (χ4n) is 3.27.